The van der Waals surface area contributed by atoms with E-state index >= 15 is 0 Å². The SMILES string of the molecule is O=C(O)CSc1nc2ccccc2n1C1CCOCC1. The summed E-state index contributed by atoms with van der Waals surface area (Å²) in [5, 5.41) is 9.67. The number of thioether (sulfide) groups is 1. The standard InChI is InChI=1S/C14H16N2O3S/c17-13(18)9-20-14-15-11-3-1-2-4-12(11)16(14)10-5-7-19-8-6-10/h1-4,10H,5-9H2,(H,17,18). The Balaban J connectivity index is 2.00. The number of hydrogen-bond donors (Lipinski definition) is 1. The zero-order valence-electron chi connectivity index (χ0n) is 11.0. The zero-order chi connectivity index (χ0) is 13.9. The van der Waals surface area contributed by atoms with Crippen LogP contribution < -0.4 is 0 Å². The molecule has 1 N–H and O–H groups in total. The van der Waals surface area contributed by atoms with E-state index in [9.17, 15) is 4.79 Å². The number of carboxylic acids is 1. The summed E-state index contributed by atoms with van der Waals surface area (Å²) in [7, 11) is 0. The summed E-state index contributed by atoms with van der Waals surface area (Å²) in [5.41, 5.74) is 2.00. The molecule has 0 atom stereocenters. The zero-order valence-corrected chi connectivity index (χ0v) is 11.8. The lowest BCUT2D eigenvalue weighted by atomic mass is 10.1. The number of aliphatic carboxylic acids is 1. The minimum atomic E-state index is -0.819. The average Bonchev–Trinajstić information content (AvgIpc) is 2.84. The molecule has 0 aliphatic carbocycles. The molecule has 0 bridgehead atoms. The van der Waals surface area contributed by atoms with Crippen LogP contribution in [0.4, 0.5) is 0 Å². The highest BCUT2D eigenvalue weighted by Crippen LogP contribution is 2.32. The third-order valence-corrected chi connectivity index (χ3v) is 4.38. The Morgan fingerprint density at radius 1 is 1.40 bits per heavy atom. The summed E-state index contributed by atoms with van der Waals surface area (Å²) in [6, 6.07) is 8.30. The van der Waals surface area contributed by atoms with Crippen molar-refractivity contribution in [2.24, 2.45) is 0 Å². The summed E-state index contributed by atoms with van der Waals surface area (Å²) in [5.74, 6) is -0.785. The van der Waals surface area contributed by atoms with Gasteiger partial charge in [-0.15, -0.1) is 0 Å². The van der Waals surface area contributed by atoms with Gasteiger partial charge in [0, 0.05) is 19.3 Å². The van der Waals surface area contributed by atoms with Gasteiger partial charge in [0.05, 0.1) is 16.8 Å². The largest absolute Gasteiger partial charge is 0.481 e. The van der Waals surface area contributed by atoms with E-state index in [4.69, 9.17) is 9.84 Å². The van der Waals surface area contributed by atoms with Crippen molar-refractivity contribution in [2.75, 3.05) is 19.0 Å². The van der Waals surface area contributed by atoms with E-state index in [-0.39, 0.29) is 5.75 Å². The molecule has 0 unspecified atom stereocenters. The summed E-state index contributed by atoms with van der Waals surface area (Å²) >= 11 is 1.29. The van der Waals surface area contributed by atoms with E-state index in [1.165, 1.54) is 11.8 Å². The van der Waals surface area contributed by atoms with Crippen molar-refractivity contribution in [3.63, 3.8) is 0 Å². The maximum atomic E-state index is 10.8. The van der Waals surface area contributed by atoms with Gasteiger partial charge in [0.25, 0.3) is 0 Å². The van der Waals surface area contributed by atoms with Crippen molar-refractivity contribution in [2.45, 2.75) is 24.0 Å². The van der Waals surface area contributed by atoms with Gasteiger partial charge in [-0.2, -0.15) is 0 Å². The third kappa shape index (κ3) is 2.66. The summed E-state index contributed by atoms with van der Waals surface area (Å²) < 4.78 is 7.60. The van der Waals surface area contributed by atoms with Gasteiger partial charge in [-0.05, 0) is 25.0 Å². The number of carbonyl (C=O) groups is 1. The fourth-order valence-electron chi connectivity index (χ4n) is 2.55. The van der Waals surface area contributed by atoms with Crippen molar-refractivity contribution in [3.05, 3.63) is 24.3 Å². The number of ether oxygens (including phenoxy) is 1. The Hall–Kier alpha value is -1.53. The van der Waals surface area contributed by atoms with Crippen LogP contribution in [0.25, 0.3) is 11.0 Å². The van der Waals surface area contributed by atoms with E-state index in [0.29, 0.717) is 6.04 Å². The van der Waals surface area contributed by atoms with E-state index in [0.717, 1.165) is 42.2 Å². The number of para-hydroxylation sites is 2. The van der Waals surface area contributed by atoms with Crippen molar-refractivity contribution < 1.29 is 14.6 Å². The van der Waals surface area contributed by atoms with Gasteiger partial charge in [-0.1, -0.05) is 23.9 Å². The number of hydrogen-bond acceptors (Lipinski definition) is 4. The van der Waals surface area contributed by atoms with Crippen molar-refractivity contribution >= 4 is 28.8 Å². The molecule has 1 aliphatic heterocycles. The summed E-state index contributed by atoms with van der Waals surface area (Å²) in [6.45, 7) is 1.50. The van der Waals surface area contributed by atoms with Crippen molar-refractivity contribution in [1.82, 2.24) is 9.55 Å². The summed E-state index contributed by atoms with van der Waals surface area (Å²) in [6.07, 6.45) is 1.89. The molecule has 0 amide bonds. The first-order chi connectivity index (χ1) is 9.75. The second kappa shape index (κ2) is 5.85. The predicted octanol–water partition coefficient (Wildman–Crippen LogP) is 2.56. The van der Waals surface area contributed by atoms with E-state index in [1.807, 2.05) is 24.3 Å². The van der Waals surface area contributed by atoms with Crippen LogP contribution in [0.1, 0.15) is 18.9 Å². The number of rotatable bonds is 4. The van der Waals surface area contributed by atoms with Crippen molar-refractivity contribution in [3.8, 4) is 0 Å². The molecule has 1 aliphatic rings. The van der Waals surface area contributed by atoms with Crippen LogP contribution in [0, 0.1) is 0 Å². The quantitative estimate of drug-likeness (QED) is 0.877. The van der Waals surface area contributed by atoms with Crippen LogP contribution in [0.3, 0.4) is 0 Å². The van der Waals surface area contributed by atoms with Crippen LogP contribution >= 0.6 is 11.8 Å². The predicted molar refractivity (Wildman–Crippen MR) is 77.2 cm³/mol. The van der Waals surface area contributed by atoms with Crippen LogP contribution in [-0.4, -0.2) is 39.6 Å². The Morgan fingerprint density at radius 2 is 2.15 bits per heavy atom. The van der Waals surface area contributed by atoms with Gasteiger partial charge in [0.1, 0.15) is 0 Å². The molecule has 20 heavy (non-hydrogen) atoms. The number of nitrogens with zero attached hydrogens (tertiary/aromatic N) is 2. The Morgan fingerprint density at radius 3 is 2.90 bits per heavy atom. The first-order valence-electron chi connectivity index (χ1n) is 6.65. The van der Waals surface area contributed by atoms with Gasteiger partial charge in [0.15, 0.2) is 5.16 Å². The summed E-state index contributed by atoms with van der Waals surface area (Å²) in [4.78, 5) is 15.4. The molecule has 2 aromatic rings. The monoisotopic (exact) mass is 292 g/mol. The average molecular weight is 292 g/mol. The maximum absolute atomic E-state index is 10.8. The fraction of sp³-hybridized carbons (Fsp3) is 0.429. The number of fused-ring (bicyclic) bond motifs is 1. The van der Waals surface area contributed by atoms with E-state index in [2.05, 4.69) is 9.55 Å². The Bertz CT molecular complexity index is 620. The maximum Gasteiger partial charge on any atom is 0.313 e. The number of carboxylic acid groups (broad SMARTS) is 1. The van der Waals surface area contributed by atoms with Gasteiger partial charge in [-0.3, -0.25) is 4.79 Å². The molecule has 106 valence electrons. The first kappa shape index (κ1) is 13.5. The Labute approximate surface area is 120 Å². The van der Waals surface area contributed by atoms with Gasteiger partial charge in [0.2, 0.25) is 0 Å². The lowest BCUT2D eigenvalue weighted by Crippen LogP contribution is -2.20. The van der Waals surface area contributed by atoms with Gasteiger partial charge in [-0.25, -0.2) is 4.98 Å². The van der Waals surface area contributed by atoms with Gasteiger partial charge < -0.3 is 14.4 Å². The highest BCUT2D eigenvalue weighted by molar-refractivity contribution is 7.99. The second-order valence-electron chi connectivity index (χ2n) is 4.78. The first-order valence-corrected chi connectivity index (χ1v) is 7.63. The van der Waals surface area contributed by atoms with Crippen LogP contribution in [0.5, 0.6) is 0 Å². The highest BCUT2D eigenvalue weighted by atomic mass is 32.2. The molecule has 0 spiro atoms. The molecule has 3 rings (SSSR count). The van der Waals surface area contributed by atoms with E-state index in [1.54, 1.807) is 0 Å². The van der Waals surface area contributed by atoms with Gasteiger partial charge >= 0.3 is 5.97 Å². The molecule has 5 nitrogen and oxygen atoms in total. The molecular weight excluding hydrogens is 276 g/mol. The number of aromatic nitrogens is 2. The van der Waals surface area contributed by atoms with Crippen LogP contribution in [-0.2, 0) is 9.53 Å². The lowest BCUT2D eigenvalue weighted by Gasteiger charge is -2.25. The highest BCUT2D eigenvalue weighted by Gasteiger charge is 2.22. The second-order valence-corrected chi connectivity index (χ2v) is 5.72. The normalized spacial score (nSPS) is 16.6. The minimum absolute atomic E-state index is 0.0343. The molecule has 0 radical (unpaired) electrons. The molecule has 1 aromatic carbocycles. The molecule has 1 aromatic heterocycles. The van der Waals surface area contributed by atoms with Crippen LogP contribution in [0.2, 0.25) is 0 Å². The number of imidazole rings is 1. The fourth-order valence-corrected chi connectivity index (χ4v) is 3.35. The van der Waals surface area contributed by atoms with Crippen LogP contribution in [0.15, 0.2) is 29.4 Å². The smallest absolute Gasteiger partial charge is 0.313 e. The molecule has 1 saturated heterocycles. The minimum Gasteiger partial charge on any atom is -0.481 e. The number of benzene rings is 1. The third-order valence-electron chi connectivity index (χ3n) is 3.44. The molecule has 0 saturated carbocycles. The van der Waals surface area contributed by atoms with Crippen molar-refractivity contribution in [1.29, 1.82) is 0 Å². The molecule has 2 heterocycles. The molecular formula is C14H16N2O3S. The molecule has 1 fully saturated rings. The lowest BCUT2D eigenvalue weighted by molar-refractivity contribution is -0.133. The molecule has 6 heteroatoms. The van der Waals surface area contributed by atoms with E-state index < -0.39 is 5.97 Å². The topological polar surface area (TPSA) is 64.3 Å². The Kier molecular flexibility index (Phi) is 3.93.